The normalized spacial score (nSPS) is 21.2. The molecule has 1 saturated heterocycles. The van der Waals surface area contributed by atoms with Gasteiger partial charge in [-0.05, 0) is 42.3 Å². The van der Waals surface area contributed by atoms with Crippen LogP contribution in [0.25, 0.3) is 0 Å². The molecule has 8 nitrogen and oxygen atoms in total. The third-order valence-electron chi connectivity index (χ3n) is 5.45. The van der Waals surface area contributed by atoms with E-state index in [1.165, 1.54) is 24.3 Å². The van der Waals surface area contributed by atoms with E-state index in [1.807, 2.05) is 24.3 Å². The molecule has 2 heterocycles. The van der Waals surface area contributed by atoms with Crippen molar-refractivity contribution in [1.82, 2.24) is 4.31 Å². The highest BCUT2D eigenvalue weighted by Crippen LogP contribution is 2.29. The zero-order valence-corrected chi connectivity index (χ0v) is 18.1. The Morgan fingerprint density at radius 2 is 1.84 bits per heavy atom. The fourth-order valence-corrected chi connectivity index (χ4v) is 5.66. The number of rotatable bonds is 5. The lowest BCUT2D eigenvalue weighted by molar-refractivity contribution is -0.151. The number of benzene rings is 2. The zero-order valence-electron chi connectivity index (χ0n) is 16.5. The van der Waals surface area contributed by atoms with Gasteiger partial charge in [-0.1, -0.05) is 29.8 Å². The van der Waals surface area contributed by atoms with Gasteiger partial charge >= 0.3 is 5.97 Å². The van der Waals surface area contributed by atoms with Crippen LogP contribution in [-0.2, 0) is 30.8 Å². The quantitative estimate of drug-likeness (QED) is 0.674. The number of halogens is 1. The number of nitrogens with zero attached hydrogens (tertiary/aromatic N) is 2. The number of hydrogen-bond donors (Lipinski definition) is 1. The molecule has 2 aliphatic rings. The Balaban J connectivity index is 1.45. The van der Waals surface area contributed by atoms with E-state index in [9.17, 15) is 23.1 Å². The molecule has 4 rings (SSSR count). The number of amides is 1. The molecule has 0 spiro atoms. The summed E-state index contributed by atoms with van der Waals surface area (Å²) < 4.78 is 32.1. The second kappa shape index (κ2) is 8.58. The Bertz CT molecular complexity index is 1110. The Morgan fingerprint density at radius 1 is 1.13 bits per heavy atom. The number of para-hydroxylation sites is 1. The topological polar surface area (TPSA) is 104 Å². The standard InChI is InChI=1S/C21H21ClN2O6S/c22-15-5-7-17(8-6-15)31(28,29)24-12-16(25)11-19(24)21(27)30-13-20(26)23-10-9-14-3-1-2-4-18(14)23/h1-8,16,19,25H,9-13H2/t16-,19-/m1/s1. The van der Waals surface area contributed by atoms with E-state index in [0.717, 1.165) is 22.0 Å². The van der Waals surface area contributed by atoms with Gasteiger partial charge in [0.25, 0.3) is 5.91 Å². The smallest absolute Gasteiger partial charge is 0.325 e. The molecule has 31 heavy (non-hydrogen) atoms. The molecule has 164 valence electrons. The van der Waals surface area contributed by atoms with Crippen molar-refractivity contribution in [2.75, 3.05) is 24.6 Å². The first-order valence-electron chi connectivity index (χ1n) is 9.78. The molecule has 2 aliphatic heterocycles. The Hall–Kier alpha value is -2.46. The number of carbonyl (C=O) groups is 2. The number of fused-ring (bicyclic) bond motifs is 1. The second-order valence-corrected chi connectivity index (χ2v) is 9.79. The second-order valence-electron chi connectivity index (χ2n) is 7.47. The molecule has 0 saturated carbocycles. The number of esters is 1. The first-order chi connectivity index (χ1) is 14.8. The van der Waals surface area contributed by atoms with Crippen molar-refractivity contribution in [3.05, 3.63) is 59.1 Å². The number of aliphatic hydroxyl groups is 1. The summed E-state index contributed by atoms with van der Waals surface area (Å²) in [5.41, 5.74) is 1.83. The molecular weight excluding hydrogens is 444 g/mol. The van der Waals surface area contributed by atoms with Crippen LogP contribution in [0.15, 0.2) is 53.4 Å². The minimum Gasteiger partial charge on any atom is -0.454 e. The first-order valence-corrected chi connectivity index (χ1v) is 11.6. The van der Waals surface area contributed by atoms with Crippen LogP contribution in [0.5, 0.6) is 0 Å². The molecule has 1 N–H and O–H groups in total. The highest BCUT2D eigenvalue weighted by Gasteiger charge is 2.44. The van der Waals surface area contributed by atoms with E-state index >= 15 is 0 Å². The lowest BCUT2D eigenvalue weighted by Crippen LogP contribution is -2.42. The summed E-state index contributed by atoms with van der Waals surface area (Å²) in [7, 11) is -4.06. The van der Waals surface area contributed by atoms with Gasteiger partial charge in [-0.2, -0.15) is 4.31 Å². The van der Waals surface area contributed by atoms with Crippen LogP contribution in [0.4, 0.5) is 5.69 Å². The molecule has 2 aromatic carbocycles. The summed E-state index contributed by atoms with van der Waals surface area (Å²) in [5, 5.41) is 10.4. The maximum Gasteiger partial charge on any atom is 0.325 e. The molecule has 0 aromatic heterocycles. The maximum absolute atomic E-state index is 13.0. The molecule has 2 aromatic rings. The third kappa shape index (κ3) is 4.31. The number of ether oxygens (including phenoxy) is 1. The summed E-state index contributed by atoms with van der Waals surface area (Å²) in [5.74, 6) is -1.25. The van der Waals surface area contributed by atoms with Crippen LogP contribution in [0.2, 0.25) is 5.02 Å². The number of β-amino-alcohol motifs (C(OH)–C–C–N with tert-alkyl or cyclic N) is 1. The van der Waals surface area contributed by atoms with Gasteiger partial charge < -0.3 is 14.7 Å². The summed E-state index contributed by atoms with van der Waals surface area (Å²) in [6.07, 6.45) is -0.398. The number of aliphatic hydroxyl groups excluding tert-OH is 1. The van der Waals surface area contributed by atoms with Gasteiger partial charge in [0.2, 0.25) is 10.0 Å². The van der Waals surface area contributed by atoms with Crippen molar-refractivity contribution in [3.8, 4) is 0 Å². The Morgan fingerprint density at radius 3 is 2.58 bits per heavy atom. The average molecular weight is 465 g/mol. The number of carbonyl (C=O) groups excluding carboxylic acids is 2. The van der Waals surface area contributed by atoms with Crippen molar-refractivity contribution in [3.63, 3.8) is 0 Å². The molecule has 1 amide bonds. The van der Waals surface area contributed by atoms with Gasteiger partial charge in [-0.25, -0.2) is 8.42 Å². The van der Waals surface area contributed by atoms with E-state index in [4.69, 9.17) is 16.3 Å². The zero-order chi connectivity index (χ0) is 22.2. The van der Waals surface area contributed by atoms with Crippen molar-refractivity contribution >= 4 is 39.2 Å². The fraction of sp³-hybridized carbons (Fsp3) is 0.333. The third-order valence-corrected chi connectivity index (χ3v) is 7.59. The van der Waals surface area contributed by atoms with E-state index in [1.54, 1.807) is 4.90 Å². The minimum absolute atomic E-state index is 0.0476. The lowest BCUT2D eigenvalue weighted by Gasteiger charge is -2.23. The van der Waals surface area contributed by atoms with Gasteiger partial charge in [0.1, 0.15) is 6.04 Å². The highest BCUT2D eigenvalue weighted by atomic mass is 35.5. The predicted octanol–water partition coefficient (Wildman–Crippen LogP) is 1.60. The van der Waals surface area contributed by atoms with Crippen LogP contribution in [0, 0.1) is 0 Å². The largest absolute Gasteiger partial charge is 0.454 e. The SMILES string of the molecule is O=C(OCC(=O)N1CCc2ccccc21)[C@H]1C[C@@H](O)CN1S(=O)(=O)c1ccc(Cl)cc1. The molecule has 0 bridgehead atoms. The van der Waals surface area contributed by atoms with Crippen molar-refractivity contribution in [2.45, 2.75) is 29.9 Å². The van der Waals surface area contributed by atoms with Crippen LogP contribution >= 0.6 is 11.6 Å². The maximum atomic E-state index is 13.0. The minimum atomic E-state index is -4.06. The summed E-state index contributed by atoms with van der Waals surface area (Å²) in [6, 6.07) is 11.8. The van der Waals surface area contributed by atoms with Crippen LogP contribution < -0.4 is 4.90 Å². The molecule has 10 heteroatoms. The molecule has 0 radical (unpaired) electrons. The van der Waals surface area contributed by atoms with Crippen molar-refractivity contribution in [1.29, 1.82) is 0 Å². The summed E-state index contributed by atoms with van der Waals surface area (Å²) >= 11 is 5.82. The predicted molar refractivity (Wildman–Crippen MR) is 113 cm³/mol. The monoisotopic (exact) mass is 464 g/mol. The van der Waals surface area contributed by atoms with Crippen molar-refractivity contribution < 1.29 is 27.9 Å². The van der Waals surface area contributed by atoms with Crippen LogP contribution in [0.3, 0.4) is 0 Å². The molecule has 2 atom stereocenters. The van der Waals surface area contributed by atoms with E-state index in [2.05, 4.69) is 0 Å². The number of sulfonamides is 1. The molecule has 0 aliphatic carbocycles. The van der Waals surface area contributed by atoms with Crippen molar-refractivity contribution in [2.24, 2.45) is 0 Å². The summed E-state index contributed by atoms with van der Waals surface area (Å²) in [4.78, 5) is 26.7. The van der Waals surface area contributed by atoms with E-state index in [0.29, 0.717) is 11.6 Å². The van der Waals surface area contributed by atoms with Gasteiger partial charge in [-0.15, -0.1) is 0 Å². The Kier molecular flexibility index (Phi) is 6.02. The summed E-state index contributed by atoms with van der Waals surface area (Å²) in [6.45, 7) is -0.248. The lowest BCUT2D eigenvalue weighted by atomic mass is 10.2. The number of anilines is 1. The van der Waals surface area contributed by atoms with E-state index < -0.39 is 34.7 Å². The average Bonchev–Trinajstić information content (AvgIpc) is 3.36. The van der Waals surface area contributed by atoms with Crippen LogP contribution in [-0.4, -0.2) is 61.5 Å². The number of hydrogen-bond acceptors (Lipinski definition) is 6. The molecule has 0 unspecified atom stereocenters. The van der Waals surface area contributed by atoms with E-state index in [-0.39, 0.29) is 23.8 Å². The first kappa shape index (κ1) is 21.8. The van der Waals surface area contributed by atoms with Gasteiger partial charge in [0.05, 0.1) is 11.0 Å². The Labute approximate surface area is 185 Å². The fourth-order valence-electron chi connectivity index (χ4n) is 3.91. The highest BCUT2D eigenvalue weighted by molar-refractivity contribution is 7.89. The van der Waals surface area contributed by atoms with Gasteiger partial charge in [0, 0.05) is 30.2 Å². The molecular formula is C21H21ClN2O6S. The van der Waals surface area contributed by atoms with Gasteiger partial charge in [-0.3, -0.25) is 9.59 Å². The van der Waals surface area contributed by atoms with Gasteiger partial charge in [0.15, 0.2) is 6.61 Å². The molecule has 1 fully saturated rings. The van der Waals surface area contributed by atoms with Crippen LogP contribution in [0.1, 0.15) is 12.0 Å².